The van der Waals surface area contributed by atoms with E-state index in [9.17, 15) is 8.78 Å². The first kappa shape index (κ1) is 12.9. The first-order valence-electron chi connectivity index (χ1n) is 7.05. The summed E-state index contributed by atoms with van der Waals surface area (Å²) in [6, 6.07) is 0.978. The van der Waals surface area contributed by atoms with E-state index in [2.05, 4.69) is 0 Å². The van der Waals surface area contributed by atoms with E-state index in [1.54, 1.807) is 0 Å². The van der Waals surface area contributed by atoms with Crippen LogP contribution >= 0.6 is 0 Å². The van der Waals surface area contributed by atoms with Crippen LogP contribution in [-0.4, -0.2) is 6.61 Å². The zero-order valence-electron chi connectivity index (χ0n) is 11.0. The molecule has 0 atom stereocenters. The maximum Gasteiger partial charge on any atom is 0.134 e. The van der Waals surface area contributed by atoms with Crippen molar-refractivity contribution in [1.82, 2.24) is 0 Å². The van der Waals surface area contributed by atoms with Crippen molar-refractivity contribution in [3.63, 3.8) is 0 Å². The second-order valence-corrected chi connectivity index (χ2v) is 5.69. The SMILES string of the molecule is NC1(c2c(F)cc(F)c3c2OCCC3)CCCCC1. The van der Waals surface area contributed by atoms with Gasteiger partial charge in [0.05, 0.1) is 12.2 Å². The third-order valence-electron chi connectivity index (χ3n) is 4.34. The summed E-state index contributed by atoms with van der Waals surface area (Å²) >= 11 is 0. The lowest BCUT2D eigenvalue weighted by molar-refractivity contribution is 0.244. The highest BCUT2D eigenvalue weighted by atomic mass is 19.1. The lowest BCUT2D eigenvalue weighted by Crippen LogP contribution is -2.40. The van der Waals surface area contributed by atoms with Gasteiger partial charge in [-0.1, -0.05) is 19.3 Å². The average Bonchev–Trinajstić information content (AvgIpc) is 2.39. The molecule has 1 aromatic rings. The van der Waals surface area contributed by atoms with Gasteiger partial charge in [-0.2, -0.15) is 0 Å². The molecule has 1 saturated carbocycles. The molecular weight excluding hydrogens is 248 g/mol. The van der Waals surface area contributed by atoms with Crippen LogP contribution in [0.1, 0.15) is 49.7 Å². The minimum Gasteiger partial charge on any atom is -0.493 e. The van der Waals surface area contributed by atoms with Crippen LogP contribution < -0.4 is 10.5 Å². The fraction of sp³-hybridized carbons (Fsp3) is 0.600. The molecule has 1 aromatic carbocycles. The zero-order valence-corrected chi connectivity index (χ0v) is 11.0. The molecule has 1 heterocycles. The molecule has 0 amide bonds. The van der Waals surface area contributed by atoms with E-state index in [4.69, 9.17) is 10.5 Å². The first-order valence-corrected chi connectivity index (χ1v) is 7.05. The molecule has 0 saturated heterocycles. The highest BCUT2D eigenvalue weighted by Crippen LogP contribution is 2.44. The molecule has 0 bridgehead atoms. The quantitative estimate of drug-likeness (QED) is 0.846. The smallest absolute Gasteiger partial charge is 0.134 e. The summed E-state index contributed by atoms with van der Waals surface area (Å²) in [5.41, 5.74) is 6.62. The summed E-state index contributed by atoms with van der Waals surface area (Å²) in [7, 11) is 0. The second-order valence-electron chi connectivity index (χ2n) is 5.69. The fourth-order valence-electron chi connectivity index (χ4n) is 3.35. The maximum absolute atomic E-state index is 14.3. The highest BCUT2D eigenvalue weighted by molar-refractivity contribution is 5.48. The number of ether oxygens (including phenoxy) is 1. The van der Waals surface area contributed by atoms with Crippen LogP contribution in [0.25, 0.3) is 0 Å². The van der Waals surface area contributed by atoms with E-state index in [0.29, 0.717) is 29.9 Å². The Morgan fingerprint density at radius 1 is 1.05 bits per heavy atom. The van der Waals surface area contributed by atoms with Crippen molar-refractivity contribution < 1.29 is 13.5 Å². The van der Waals surface area contributed by atoms with Gasteiger partial charge in [-0.25, -0.2) is 8.78 Å². The maximum atomic E-state index is 14.3. The third-order valence-corrected chi connectivity index (χ3v) is 4.34. The topological polar surface area (TPSA) is 35.2 Å². The number of benzene rings is 1. The highest BCUT2D eigenvalue weighted by Gasteiger charge is 2.37. The predicted molar refractivity (Wildman–Crippen MR) is 69.1 cm³/mol. The Bertz CT molecular complexity index is 495. The Morgan fingerprint density at radius 2 is 1.79 bits per heavy atom. The molecule has 1 fully saturated rings. The van der Waals surface area contributed by atoms with Crippen LogP contribution in [0, 0.1) is 11.6 Å². The Balaban J connectivity index is 2.14. The molecule has 3 rings (SSSR count). The monoisotopic (exact) mass is 267 g/mol. The van der Waals surface area contributed by atoms with Crippen LogP contribution in [0.2, 0.25) is 0 Å². The molecule has 2 N–H and O–H groups in total. The molecule has 2 aliphatic rings. The van der Waals surface area contributed by atoms with E-state index in [0.717, 1.165) is 44.6 Å². The van der Waals surface area contributed by atoms with Gasteiger partial charge in [0.15, 0.2) is 0 Å². The molecule has 1 aliphatic heterocycles. The summed E-state index contributed by atoms with van der Waals surface area (Å²) in [4.78, 5) is 0. The molecule has 19 heavy (non-hydrogen) atoms. The van der Waals surface area contributed by atoms with Gasteiger partial charge in [0.1, 0.15) is 17.4 Å². The summed E-state index contributed by atoms with van der Waals surface area (Å²) in [6.45, 7) is 0.513. The summed E-state index contributed by atoms with van der Waals surface area (Å²) in [5.74, 6) is -0.675. The second kappa shape index (κ2) is 4.75. The third kappa shape index (κ3) is 2.12. The number of rotatable bonds is 1. The summed E-state index contributed by atoms with van der Waals surface area (Å²) in [6.07, 6.45) is 5.96. The zero-order chi connectivity index (χ0) is 13.5. The average molecular weight is 267 g/mol. The van der Waals surface area contributed by atoms with Crippen molar-refractivity contribution in [3.8, 4) is 5.75 Å². The summed E-state index contributed by atoms with van der Waals surface area (Å²) in [5, 5.41) is 0. The Kier molecular flexibility index (Phi) is 3.21. The van der Waals surface area contributed by atoms with E-state index in [1.165, 1.54) is 0 Å². The van der Waals surface area contributed by atoms with Gasteiger partial charge in [-0.3, -0.25) is 0 Å². The molecule has 0 radical (unpaired) electrons. The van der Waals surface area contributed by atoms with Crippen molar-refractivity contribution in [3.05, 3.63) is 28.8 Å². The molecule has 4 heteroatoms. The van der Waals surface area contributed by atoms with Crippen molar-refractivity contribution in [2.75, 3.05) is 6.61 Å². The number of hydrogen-bond acceptors (Lipinski definition) is 2. The Labute approximate surface area is 111 Å². The molecule has 0 unspecified atom stereocenters. The Hall–Kier alpha value is -1.16. The fourth-order valence-corrected chi connectivity index (χ4v) is 3.35. The minimum absolute atomic E-state index is 0.383. The van der Waals surface area contributed by atoms with Gasteiger partial charge in [-0.15, -0.1) is 0 Å². The summed E-state index contributed by atoms with van der Waals surface area (Å²) < 4.78 is 33.7. The number of hydrogen-bond donors (Lipinski definition) is 1. The van der Waals surface area contributed by atoms with Crippen molar-refractivity contribution in [1.29, 1.82) is 0 Å². The van der Waals surface area contributed by atoms with Gasteiger partial charge < -0.3 is 10.5 Å². The Morgan fingerprint density at radius 3 is 2.53 bits per heavy atom. The van der Waals surface area contributed by atoms with Gasteiger partial charge >= 0.3 is 0 Å². The molecule has 1 aliphatic carbocycles. The van der Waals surface area contributed by atoms with Crippen molar-refractivity contribution >= 4 is 0 Å². The van der Waals surface area contributed by atoms with E-state index in [-0.39, 0.29) is 0 Å². The lowest BCUT2D eigenvalue weighted by atomic mass is 9.76. The lowest BCUT2D eigenvalue weighted by Gasteiger charge is -2.36. The van der Waals surface area contributed by atoms with Crippen LogP contribution in [-0.2, 0) is 12.0 Å². The van der Waals surface area contributed by atoms with Crippen LogP contribution in [0.4, 0.5) is 8.78 Å². The van der Waals surface area contributed by atoms with Crippen molar-refractivity contribution in [2.45, 2.75) is 50.5 Å². The standard InChI is InChI=1S/C15H19F2NO/c16-11-9-12(17)13(14-10(11)5-4-8-19-14)15(18)6-2-1-3-7-15/h9H,1-8,18H2. The normalized spacial score (nSPS) is 21.6. The van der Waals surface area contributed by atoms with E-state index < -0.39 is 17.2 Å². The molecular formula is C15H19F2NO. The molecule has 0 aromatic heterocycles. The van der Waals surface area contributed by atoms with Crippen LogP contribution in [0.15, 0.2) is 6.07 Å². The van der Waals surface area contributed by atoms with Crippen LogP contribution in [0.5, 0.6) is 5.75 Å². The van der Waals surface area contributed by atoms with Gasteiger partial charge in [0.25, 0.3) is 0 Å². The minimum atomic E-state index is -0.697. The first-order chi connectivity index (χ1) is 9.12. The van der Waals surface area contributed by atoms with Crippen molar-refractivity contribution in [2.24, 2.45) is 5.73 Å². The van der Waals surface area contributed by atoms with Gasteiger partial charge in [-0.05, 0) is 25.7 Å². The van der Waals surface area contributed by atoms with Gasteiger partial charge in [0, 0.05) is 17.2 Å². The molecule has 2 nitrogen and oxygen atoms in total. The largest absolute Gasteiger partial charge is 0.493 e. The predicted octanol–water partition coefficient (Wildman–Crippen LogP) is 3.41. The molecule has 0 spiro atoms. The van der Waals surface area contributed by atoms with E-state index in [1.807, 2.05) is 0 Å². The van der Waals surface area contributed by atoms with Crippen LogP contribution in [0.3, 0.4) is 0 Å². The molecule has 104 valence electrons. The van der Waals surface area contributed by atoms with E-state index >= 15 is 0 Å². The number of nitrogens with two attached hydrogens (primary N) is 1. The van der Waals surface area contributed by atoms with Gasteiger partial charge in [0.2, 0.25) is 0 Å². The number of halogens is 2. The number of fused-ring (bicyclic) bond motifs is 1.